The first-order valence-electron chi connectivity index (χ1n) is 7.05. The minimum absolute atomic E-state index is 0.131. The van der Waals surface area contributed by atoms with Crippen molar-refractivity contribution < 1.29 is 19.1 Å². The minimum atomic E-state index is -1.86. The average molecular weight is 345 g/mol. The standard InChI is InChI=1S/C16H15N3O4S/c1-9-3-5-10(6-4-9)12(20)7-16(14(22)23-2)11(8-17)13(21)18-15(24)19-16/h3-6,11H,7H2,1-2H3,(H2,18,19,21,24)/t11-,16-/m1/s1. The number of thiocarbonyl (C=S) groups is 1. The van der Waals surface area contributed by atoms with Crippen LogP contribution in [0.2, 0.25) is 0 Å². The summed E-state index contributed by atoms with van der Waals surface area (Å²) in [6, 6.07) is 8.50. The number of nitrogens with one attached hydrogen (secondary N) is 2. The van der Waals surface area contributed by atoms with E-state index in [0.29, 0.717) is 5.56 Å². The number of carbonyl (C=O) groups is 3. The Morgan fingerprint density at radius 1 is 1.38 bits per heavy atom. The van der Waals surface area contributed by atoms with Gasteiger partial charge in [0.1, 0.15) is 0 Å². The predicted octanol–water partition coefficient (Wildman–Crippen LogP) is 0.624. The van der Waals surface area contributed by atoms with E-state index in [2.05, 4.69) is 10.6 Å². The van der Waals surface area contributed by atoms with Gasteiger partial charge in [-0.2, -0.15) is 5.26 Å². The van der Waals surface area contributed by atoms with Gasteiger partial charge in [0.2, 0.25) is 5.91 Å². The van der Waals surface area contributed by atoms with Crippen LogP contribution in [0, 0.1) is 24.2 Å². The number of ether oxygens (including phenoxy) is 1. The van der Waals surface area contributed by atoms with E-state index >= 15 is 0 Å². The van der Waals surface area contributed by atoms with Gasteiger partial charge in [-0.3, -0.25) is 9.59 Å². The fourth-order valence-electron chi connectivity index (χ4n) is 2.55. The number of esters is 1. The Hall–Kier alpha value is -2.79. The molecule has 0 radical (unpaired) electrons. The topological polar surface area (TPSA) is 108 Å². The van der Waals surface area contributed by atoms with Crippen LogP contribution in [0.15, 0.2) is 24.3 Å². The van der Waals surface area contributed by atoms with Crippen LogP contribution in [0.1, 0.15) is 22.3 Å². The highest BCUT2D eigenvalue weighted by Gasteiger charge is 2.55. The van der Waals surface area contributed by atoms with Crippen LogP contribution in [0.25, 0.3) is 0 Å². The van der Waals surface area contributed by atoms with Crippen molar-refractivity contribution in [2.24, 2.45) is 5.92 Å². The molecule has 1 fully saturated rings. The molecule has 1 saturated heterocycles. The zero-order valence-corrected chi connectivity index (χ0v) is 13.9. The minimum Gasteiger partial charge on any atom is -0.467 e. The number of Topliss-reactive ketones (excluding diaryl/α,β-unsaturated/α-hetero) is 1. The number of nitriles is 1. The third kappa shape index (κ3) is 3.12. The van der Waals surface area contributed by atoms with Crippen LogP contribution in [0.4, 0.5) is 0 Å². The van der Waals surface area contributed by atoms with E-state index in [1.54, 1.807) is 30.3 Å². The number of hydrogen-bond donors (Lipinski definition) is 2. The summed E-state index contributed by atoms with van der Waals surface area (Å²) in [6.07, 6.45) is -0.436. The number of rotatable bonds is 4. The molecule has 1 aromatic rings. The van der Waals surface area contributed by atoms with E-state index < -0.39 is 35.5 Å². The van der Waals surface area contributed by atoms with Gasteiger partial charge in [-0.05, 0) is 19.1 Å². The summed E-state index contributed by atoms with van der Waals surface area (Å²) in [4.78, 5) is 37.0. The maximum atomic E-state index is 12.6. The SMILES string of the molecule is COC(=O)[C@]1(CC(=O)c2ccc(C)cc2)NC(=S)NC(=O)[C@H]1C#N. The third-order valence-electron chi connectivity index (χ3n) is 3.82. The molecule has 8 heteroatoms. The number of methoxy groups -OCH3 is 1. The van der Waals surface area contributed by atoms with E-state index in [9.17, 15) is 19.6 Å². The number of nitrogens with zero attached hydrogens (tertiary/aromatic N) is 1. The van der Waals surface area contributed by atoms with Crippen molar-refractivity contribution in [3.8, 4) is 6.07 Å². The molecule has 2 rings (SSSR count). The molecule has 1 aromatic carbocycles. The molecule has 1 aliphatic heterocycles. The van der Waals surface area contributed by atoms with Crippen LogP contribution >= 0.6 is 12.2 Å². The Labute approximate surface area is 144 Å². The van der Waals surface area contributed by atoms with Crippen LogP contribution < -0.4 is 10.6 Å². The van der Waals surface area contributed by atoms with Crippen LogP contribution in [-0.4, -0.2) is 35.4 Å². The zero-order chi connectivity index (χ0) is 17.9. The molecular weight excluding hydrogens is 330 g/mol. The van der Waals surface area contributed by atoms with Crippen LogP contribution in [0.5, 0.6) is 0 Å². The van der Waals surface area contributed by atoms with Gasteiger partial charge in [-0.25, -0.2) is 4.79 Å². The van der Waals surface area contributed by atoms with E-state index in [1.807, 2.05) is 6.92 Å². The average Bonchev–Trinajstić information content (AvgIpc) is 2.54. The number of benzene rings is 1. The van der Waals surface area contributed by atoms with Gasteiger partial charge in [0.05, 0.1) is 13.2 Å². The second kappa shape index (κ2) is 6.76. The molecule has 124 valence electrons. The monoisotopic (exact) mass is 345 g/mol. The lowest BCUT2D eigenvalue weighted by Gasteiger charge is -2.38. The highest BCUT2D eigenvalue weighted by Crippen LogP contribution is 2.28. The lowest BCUT2D eigenvalue weighted by atomic mass is 9.77. The van der Waals surface area contributed by atoms with Crippen molar-refractivity contribution in [2.45, 2.75) is 18.9 Å². The van der Waals surface area contributed by atoms with Crippen molar-refractivity contribution in [3.05, 3.63) is 35.4 Å². The molecule has 2 atom stereocenters. The first-order valence-corrected chi connectivity index (χ1v) is 7.46. The van der Waals surface area contributed by atoms with Crippen LogP contribution in [-0.2, 0) is 14.3 Å². The fourth-order valence-corrected chi connectivity index (χ4v) is 2.83. The number of carbonyl (C=O) groups excluding carboxylic acids is 3. The highest BCUT2D eigenvalue weighted by atomic mass is 32.1. The summed E-state index contributed by atoms with van der Waals surface area (Å²) < 4.78 is 4.73. The molecule has 1 aliphatic rings. The van der Waals surface area contributed by atoms with Crippen molar-refractivity contribution in [2.75, 3.05) is 7.11 Å². The smallest absolute Gasteiger partial charge is 0.334 e. The van der Waals surface area contributed by atoms with E-state index in [-0.39, 0.29) is 5.11 Å². The van der Waals surface area contributed by atoms with Gasteiger partial charge in [0.15, 0.2) is 22.4 Å². The number of amides is 1. The fraction of sp³-hybridized carbons (Fsp3) is 0.312. The maximum Gasteiger partial charge on any atom is 0.334 e. The van der Waals surface area contributed by atoms with Crippen molar-refractivity contribution in [1.82, 2.24) is 10.6 Å². The van der Waals surface area contributed by atoms with Gasteiger partial charge in [0, 0.05) is 12.0 Å². The molecule has 0 unspecified atom stereocenters. The van der Waals surface area contributed by atoms with Gasteiger partial charge in [-0.1, -0.05) is 29.8 Å². The van der Waals surface area contributed by atoms with Crippen molar-refractivity contribution >= 4 is 35.0 Å². The molecule has 2 N–H and O–H groups in total. The molecule has 1 heterocycles. The summed E-state index contributed by atoms with van der Waals surface area (Å²) in [5.74, 6) is -3.51. The lowest BCUT2D eigenvalue weighted by Crippen LogP contribution is -2.70. The van der Waals surface area contributed by atoms with E-state index in [1.165, 1.54) is 0 Å². The van der Waals surface area contributed by atoms with Gasteiger partial charge < -0.3 is 15.4 Å². The second-order valence-electron chi connectivity index (χ2n) is 5.43. The van der Waals surface area contributed by atoms with E-state index in [0.717, 1.165) is 12.7 Å². The van der Waals surface area contributed by atoms with E-state index in [4.69, 9.17) is 17.0 Å². The molecule has 0 saturated carbocycles. The summed E-state index contributed by atoms with van der Waals surface area (Å²) >= 11 is 4.91. The van der Waals surface area contributed by atoms with Gasteiger partial charge >= 0.3 is 5.97 Å². The Balaban J connectivity index is 2.44. The Kier molecular flexibility index (Phi) is 4.95. The summed E-state index contributed by atoms with van der Waals surface area (Å²) in [6.45, 7) is 1.88. The third-order valence-corrected chi connectivity index (χ3v) is 4.02. The molecule has 24 heavy (non-hydrogen) atoms. The maximum absolute atomic E-state index is 12.6. The van der Waals surface area contributed by atoms with Gasteiger partial charge in [0.25, 0.3) is 0 Å². The summed E-state index contributed by atoms with van der Waals surface area (Å²) in [7, 11) is 1.12. The second-order valence-corrected chi connectivity index (χ2v) is 5.84. The predicted molar refractivity (Wildman–Crippen MR) is 87.9 cm³/mol. The molecule has 0 aromatic heterocycles. The number of hydrogen-bond acceptors (Lipinski definition) is 6. The molecule has 1 amide bonds. The molecule has 0 spiro atoms. The number of aryl methyl sites for hydroxylation is 1. The summed E-state index contributed by atoms with van der Waals surface area (Å²) in [5, 5.41) is 14.1. The van der Waals surface area contributed by atoms with Crippen molar-refractivity contribution in [3.63, 3.8) is 0 Å². The number of ketones is 1. The quantitative estimate of drug-likeness (QED) is 0.468. The highest BCUT2D eigenvalue weighted by molar-refractivity contribution is 7.80. The first kappa shape index (κ1) is 17.6. The molecular formula is C16H15N3O4S. The molecule has 7 nitrogen and oxygen atoms in total. The molecule has 0 aliphatic carbocycles. The normalized spacial score (nSPS) is 22.8. The van der Waals surface area contributed by atoms with Gasteiger partial charge in [-0.15, -0.1) is 0 Å². The zero-order valence-electron chi connectivity index (χ0n) is 13.1. The Morgan fingerprint density at radius 2 is 2.00 bits per heavy atom. The van der Waals surface area contributed by atoms with Crippen LogP contribution in [0.3, 0.4) is 0 Å². The largest absolute Gasteiger partial charge is 0.467 e. The van der Waals surface area contributed by atoms with Crippen molar-refractivity contribution in [1.29, 1.82) is 5.26 Å². The Bertz CT molecular complexity index is 754. The lowest BCUT2D eigenvalue weighted by molar-refractivity contribution is -0.152. The summed E-state index contributed by atoms with van der Waals surface area (Å²) in [5.41, 5.74) is -0.523. The Morgan fingerprint density at radius 3 is 2.54 bits per heavy atom. The first-order chi connectivity index (χ1) is 11.3. The molecule has 0 bridgehead atoms.